The highest BCUT2D eigenvalue weighted by Gasteiger charge is 2.21. The van der Waals surface area contributed by atoms with Crippen LogP contribution in [0.1, 0.15) is 10.4 Å². The molecule has 1 aromatic heterocycles. The smallest absolute Gasteiger partial charge is 0.259 e. The molecule has 3 aromatic rings. The van der Waals surface area contributed by atoms with Crippen LogP contribution >= 0.6 is 34.5 Å². The summed E-state index contributed by atoms with van der Waals surface area (Å²) in [6, 6.07) is 8.07. The van der Waals surface area contributed by atoms with Gasteiger partial charge in [-0.05, 0) is 36.4 Å². The molecule has 0 bridgehead atoms. The number of thiazole rings is 1. The summed E-state index contributed by atoms with van der Waals surface area (Å²) in [5.74, 6) is -1.15. The van der Waals surface area contributed by atoms with Gasteiger partial charge in [0, 0.05) is 25.0 Å². The summed E-state index contributed by atoms with van der Waals surface area (Å²) in [6.07, 6.45) is 0. The van der Waals surface area contributed by atoms with Crippen LogP contribution < -0.4 is 5.32 Å². The maximum atomic E-state index is 13.3. The van der Waals surface area contributed by atoms with E-state index in [2.05, 4.69) is 10.3 Å². The predicted molar refractivity (Wildman–Crippen MR) is 113 cm³/mol. The van der Waals surface area contributed by atoms with Crippen molar-refractivity contribution in [3.05, 3.63) is 63.2 Å². The standard InChI is InChI=1S/C18H14Cl2FN3O3S2/c1-24(2)29(26,27)11-4-5-13(19)12(8-11)17(25)23-18-22-16(9-28-18)10-3-6-15(21)14(20)7-10/h3-9H,1-2H3,(H,22,23,25). The zero-order valence-corrected chi connectivity index (χ0v) is 18.3. The monoisotopic (exact) mass is 473 g/mol. The summed E-state index contributed by atoms with van der Waals surface area (Å²) in [5, 5.41) is 4.60. The van der Waals surface area contributed by atoms with E-state index in [-0.39, 0.29) is 25.6 Å². The average Bonchev–Trinajstić information content (AvgIpc) is 3.12. The minimum absolute atomic E-state index is 0.00355. The van der Waals surface area contributed by atoms with Crippen molar-refractivity contribution >= 4 is 55.6 Å². The van der Waals surface area contributed by atoms with Crippen LogP contribution in [-0.4, -0.2) is 37.7 Å². The fourth-order valence-electron chi connectivity index (χ4n) is 2.33. The van der Waals surface area contributed by atoms with Crippen LogP contribution in [0.4, 0.5) is 9.52 Å². The van der Waals surface area contributed by atoms with Crippen LogP contribution in [0.3, 0.4) is 0 Å². The lowest BCUT2D eigenvalue weighted by atomic mass is 10.2. The van der Waals surface area contributed by atoms with Gasteiger partial charge in [0.15, 0.2) is 5.13 Å². The van der Waals surface area contributed by atoms with Gasteiger partial charge in [0.2, 0.25) is 10.0 Å². The number of nitrogens with one attached hydrogen (secondary N) is 1. The Morgan fingerprint density at radius 3 is 2.52 bits per heavy atom. The SMILES string of the molecule is CN(C)S(=O)(=O)c1ccc(Cl)c(C(=O)Nc2nc(-c3ccc(F)c(Cl)c3)cs2)c1. The second-order valence-electron chi connectivity index (χ2n) is 6.05. The van der Waals surface area contributed by atoms with Crippen molar-refractivity contribution in [1.82, 2.24) is 9.29 Å². The van der Waals surface area contributed by atoms with Gasteiger partial charge in [-0.25, -0.2) is 22.1 Å². The number of aromatic nitrogens is 1. The molecule has 1 amide bonds. The first-order valence-corrected chi connectivity index (χ1v) is 11.1. The third-order valence-corrected chi connectivity index (χ3v) is 7.09. The summed E-state index contributed by atoms with van der Waals surface area (Å²) in [5.41, 5.74) is 1.09. The van der Waals surface area contributed by atoms with Gasteiger partial charge in [0.25, 0.3) is 5.91 Å². The van der Waals surface area contributed by atoms with E-state index in [1.54, 1.807) is 5.38 Å². The van der Waals surface area contributed by atoms with Crippen LogP contribution in [-0.2, 0) is 10.0 Å². The highest BCUT2D eigenvalue weighted by molar-refractivity contribution is 7.89. The zero-order chi connectivity index (χ0) is 21.3. The molecule has 0 saturated carbocycles. The quantitative estimate of drug-likeness (QED) is 0.579. The van der Waals surface area contributed by atoms with Crippen molar-refractivity contribution in [3.63, 3.8) is 0 Å². The number of benzene rings is 2. The van der Waals surface area contributed by atoms with Gasteiger partial charge >= 0.3 is 0 Å². The van der Waals surface area contributed by atoms with Gasteiger partial charge in [-0.3, -0.25) is 10.1 Å². The van der Waals surface area contributed by atoms with E-state index in [4.69, 9.17) is 23.2 Å². The number of hydrogen-bond acceptors (Lipinski definition) is 5. The summed E-state index contributed by atoms with van der Waals surface area (Å²) in [4.78, 5) is 16.8. The second-order valence-corrected chi connectivity index (χ2v) is 9.87. The number of sulfonamides is 1. The molecule has 0 spiro atoms. The van der Waals surface area contributed by atoms with Crippen LogP contribution in [0, 0.1) is 5.82 Å². The summed E-state index contributed by atoms with van der Waals surface area (Å²) < 4.78 is 38.9. The summed E-state index contributed by atoms with van der Waals surface area (Å²) >= 11 is 13.0. The Morgan fingerprint density at radius 2 is 1.86 bits per heavy atom. The van der Waals surface area contributed by atoms with Crippen molar-refractivity contribution in [1.29, 1.82) is 0 Å². The molecule has 0 aliphatic rings. The third-order valence-electron chi connectivity index (χ3n) is 3.90. The fraction of sp³-hybridized carbons (Fsp3) is 0.111. The van der Waals surface area contributed by atoms with Gasteiger partial charge in [0.1, 0.15) is 5.82 Å². The Balaban J connectivity index is 1.86. The molecule has 0 saturated heterocycles. The Morgan fingerprint density at radius 1 is 1.14 bits per heavy atom. The van der Waals surface area contributed by atoms with Gasteiger partial charge in [-0.2, -0.15) is 0 Å². The van der Waals surface area contributed by atoms with Crippen LogP contribution in [0.15, 0.2) is 46.7 Å². The largest absolute Gasteiger partial charge is 0.298 e. The van der Waals surface area contributed by atoms with Crippen molar-refractivity contribution < 1.29 is 17.6 Å². The predicted octanol–water partition coefficient (Wildman–Crippen LogP) is 4.76. The van der Waals surface area contributed by atoms with E-state index in [9.17, 15) is 17.6 Å². The number of hydrogen-bond donors (Lipinski definition) is 1. The molecular formula is C18H14Cl2FN3O3S2. The Labute approximate surface area is 181 Å². The minimum atomic E-state index is -3.72. The van der Waals surface area contributed by atoms with Gasteiger partial charge in [-0.1, -0.05) is 23.2 Å². The van der Waals surface area contributed by atoms with Crippen molar-refractivity contribution in [2.24, 2.45) is 0 Å². The van der Waals surface area contributed by atoms with Crippen LogP contribution in [0.2, 0.25) is 10.0 Å². The topological polar surface area (TPSA) is 79.4 Å². The molecular weight excluding hydrogens is 460 g/mol. The molecule has 0 unspecified atom stereocenters. The molecule has 152 valence electrons. The maximum Gasteiger partial charge on any atom is 0.259 e. The van der Waals surface area contributed by atoms with E-state index in [1.165, 1.54) is 50.5 Å². The number of carbonyl (C=O) groups excluding carboxylic acids is 1. The Bertz CT molecular complexity index is 1200. The molecule has 0 radical (unpaired) electrons. The maximum absolute atomic E-state index is 13.3. The van der Waals surface area contributed by atoms with Crippen molar-refractivity contribution in [2.45, 2.75) is 4.90 Å². The first-order valence-electron chi connectivity index (χ1n) is 8.04. The summed E-state index contributed by atoms with van der Waals surface area (Å²) in [6.45, 7) is 0. The van der Waals surface area contributed by atoms with E-state index in [0.29, 0.717) is 11.3 Å². The van der Waals surface area contributed by atoms with E-state index >= 15 is 0 Å². The number of rotatable bonds is 5. The number of anilines is 1. The minimum Gasteiger partial charge on any atom is -0.298 e. The molecule has 0 atom stereocenters. The molecule has 29 heavy (non-hydrogen) atoms. The van der Waals surface area contributed by atoms with Gasteiger partial charge in [-0.15, -0.1) is 11.3 Å². The van der Waals surface area contributed by atoms with E-state index < -0.39 is 21.7 Å². The lowest BCUT2D eigenvalue weighted by Crippen LogP contribution is -2.23. The average molecular weight is 474 g/mol. The molecule has 1 N–H and O–H groups in total. The van der Waals surface area contributed by atoms with Gasteiger partial charge in [0.05, 0.1) is 26.2 Å². The number of halogens is 3. The normalized spacial score (nSPS) is 11.7. The number of nitrogens with zero attached hydrogens (tertiary/aromatic N) is 2. The molecule has 11 heteroatoms. The van der Waals surface area contributed by atoms with E-state index in [0.717, 1.165) is 15.6 Å². The summed E-state index contributed by atoms with van der Waals surface area (Å²) in [7, 11) is -0.941. The molecule has 0 aliphatic heterocycles. The van der Waals surface area contributed by atoms with Crippen molar-refractivity contribution in [2.75, 3.05) is 19.4 Å². The molecule has 0 fully saturated rings. The molecule has 6 nitrogen and oxygen atoms in total. The Hall–Kier alpha value is -2.04. The van der Waals surface area contributed by atoms with E-state index in [1.807, 2.05) is 0 Å². The van der Waals surface area contributed by atoms with Crippen LogP contribution in [0.5, 0.6) is 0 Å². The first-order chi connectivity index (χ1) is 13.6. The lowest BCUT2D eigenvalue weighted by Gasteiger charge is -2.13. The third kappa shape index (κ3) is 4.59. The van der Waals surface area contributed by atoms with Crippen LogP contribution in [0.25, 0.3) is 11.3 Å². The highest BCUT2D eigenvalue weighted by atomic mass is 35.5. The fourth-order valence-corrected chi connectivity index (χ4v) is 4.36. The molecule has 3 rings (SSSR count). The molecule has 2 aromatic carbocycles. The number of carbonyl (C=O) groups is 1. The van der Waals surface area contributed by atoms with Crippen molar-refractivity contribution in [3.8, 4) is 11.3 Å². The highest BCUT2D eigenvalue weighted by Crippen LogP contribution is 2.29. The lowest BCUT2D eigenvalue weighted by molar-refractivity contribution is 0.102. The number of amides is 1. The molecule has 1 heterocycles. The zero-order valence-electron chi connectivity index (χ0n) is 15.1. The van der Waals surface area contributed by atoms with Gasteiger partial charge < -0.3 is 0 Å². The second kappa shape index (κ2) is 8.37. The molecule has 0 aliphatic carbocycles. The Kier molecular flexibility index (Phi) is 6.25. The first kappa shape index (κ1) is 21.7.